The van der Waals surface area contributed by atoms with Crippen LogP contribution in [-0.2, 0) is 11.8 Å². The molecular weight excluding hydrogens is 234 g/mol. The average Bonchev–Trinajstić information content (AvgIpc) is 2.19. The highest BCUT2D eigenvalue weighted by Crippen LogP contribution is 2.10. The fourth-order valence-corrected chi connectivity index (χ4v) is 1.59. The summed E-state index contributed by atoms with van der Waals surface area (Å²) in [5, 5.41) is 10.9. The third-order valence-electron chi connectivity index (χ3n) is 1.52. The summed E-state index contributed by atoms with van der Waals surface area (Å²) in [5.74, 6) is -0.692. The van der Waals surface area contributed by atoms with Crippen LogP contribution in [0.5, 0.6) is 0 Å². The Morgan fingerprint density at radius 2 is 2.31 bits per heavy atom. The largest absolute Gasteiger partial charge is 0.478 e. The van der Waals surface area contributed by atoms with E-state index in [-0.39, 0.29) is 0 Å². The quantitative estimate of drug-likeness (QED) is 0.407. The number of aromatic nitrogens is 3. The molecule has 0 aliphatic carbocycles. The van der Waals surface area contributed by atoms with Crippen LogP contribution >= 0.6 is 11.8 Å². The Morgan fingerprint density at radius 1 is 1.62 bits per heavy atom. The summed E-state index contributed by atoms with van der Waals surface area (Å²) in [6.07, 6.45) is 2.42. The second kappa shape index (κ2) is 5.31. The first kappa shape index (κ1) is 12.2. The number of aryl methyl sites for hydroxylation is 1. The van der Waals surface area contributed by atoms with Crippen LogP contribution in [0, 0.1) is 0 Å². The fourth-order valence-electron chi connectivity index (χ4n) is 0.861. The van der Waals surface area contributed by atoms with E-state index < -0.39 is 17.1 Å². The van der Waals surface area contributed by atoms with Crippen molar-refractivity contribution in [1.29, 1.82) is 0 Å². The lowest BCUT2D eigenvalue weighted by Gasteiger charge is -2.03. The highest BCUT2D eigenvalue weighted by atomic mass is 32.2. The van der Waals surface area contributed by atoms with Gasteiger partial charge in [-0.2, -0.15) is 4.98 Å². The molecular formula is C8H9N3O4S. The van der Waals surface area contributed by atoms with Gasteiger partial charge in [0.1, 0.15) is 0 Å². The SMILES string of the molecule is Cn1[nH]c(=O)c(=O)nc1SC/C=C/C(=O)O. The molecule has 8 heteroatoms. The molecule has 1 aromatic heterocycles. The minimum Gasteiger partial charge on any atom is -0.478 e. The lowest BCUT2D eigenvalue weighted by molar-refractivity contribution is -0.131. The summed E-state index contributed by atoms with van der Waals surface area (Å²) < 4.78 is 1.31. The first-order chi connectivity index (χ1) is 7.50. The topological polar surface area (TPSA) is 105 Å². The second-order valence-corrected chi connectivity index (χ2v) is 3.74. The summed E-state index contributed by atoms with van der Waals surface area (Å²) in [6, 6.07) is 0. The predicted octanol–water partition coefficient (Wildman–Crippen LogP) is -0.799. The van der Waals surface area contributed by atoms with Crippen LogP contribution in [-0.4, -0.2) is 31.6 Å². The number of aliphatic carboxylic acids is 1. The third-order valence-corrected chi connectivity index (χ3v) is 2.50. The number of hydrogen-bond donors (Lipinski definition) is 2. The van der Waals surface area contributed by atoms with Gasteiger partial charge in [-0.1, -0.05) is 17.8 Å². The number of thioether (sulfide) groups is 1. The maximum Gasteiger partial charge on any atom is 0.339 e. The van der Waals surface area contributed by atoms with Gasteiger partial charge in [-0.15, -0.1) is 0 Å². The van der Waals surface area contributed by atoms with E-state index >= 15 is 0 Å². The molecule has 16 heavy (non-hydrogen) atoms. The molecule has 0 saturated carbocycles. The molecule has 0 aromatic carbocycles. The molecule has 0 atom stereocenters. The van der Waals surface area contributed by atoms with Crippen molar-refractivity contribution in [2.24, 2.45) is 7.05 Å². The number of carboxylic acid groups (broad SMARTS) is 1. The minimum atomic E-state index is -1.04. The summed E-state index contributed by atoms with van der Waals surface area (Å²) in [5.41, 5.74) is -1.64. The van der Waals surface area contributed by atoms with Gasteiger partial charge in [0, 0.05) is 18.9 Å². The van der Waals surface area contributed by atoms with Gasteiger partial charge in [0.15, 0.2) is 5.16 Å². The maximum atomic E-state index is 10.9. The molecule has 86 valence electrons. The zero-order valence-electron chi connectivity index (χ0n) is 8.34. The maximum absolute atomic E-state index is 10.9. The Bertz CT molecular complexity index is 531. The van der Waals surface area contributed by atoms with Crippen molar-refractivity contribution >= 4 is 17.7 Å². The van der Waals surface area contributed by atoms with Crippen LogP contribution < -0.4 is 11.1 Å². The van der Waals surface area contributed by atoms with Crippen LogP contribution in [0.1, 0.15) is 0 Å². The van der Waals surface area contributed by atoms with Crippen molar-refractivity contribution in [1.82, 2.24) is 14.8 Å². The molecule has 0 saturated heterocycles. The summed E-state index contributed by atoms with van der Waals surface area (Å²) in [6.45, 7) is 0. The van der Waals surface area contributed by atoms with Crippen LogP contribution in [0.15, 0.2) is 26.9 Å². The molecule has 1 heterocycles. The third kappa shape index (κ3) is 3.39. The number of carbonyl (C=O) groups is 1. The first-order valence-electron chi connectivity index (χ1n) is 4.20. The average molecular weight is 243 g/mol. The van der Waals surface area contributed by atoms with Gasteiger partial charge in [-0.25, -0.2) is 4.79 Å². The molecule has 0 spiro atoms. The zero-order valence-corrected chi connectivity index (χ0v) is 9.15. The van der Waals surface area contributed by atoms with E-state index in [4.69, 9.17) is 5.11 Å². The molecule has 1 rings (SSSR count). The standard InChI is InChI=1S/C8H9N3O4S/c1-11-8(9-6(14)7(15)10-11)16-4-2-3-5(12)13/h2-3H,4H2,1H3,(H,10,15)(H,12,13)/b3-2+. The van der Waals surface area contributed by atoms with Gasteiger partial charge in [-0.05, 0) is 0 Å². The highest BCUT2D eigenvalue weighted by Gasteiger charge is 2.02. The molecule has 0 fully saturated rings. The van der Waals surface area contributed by atoms with E-state index in [1.807, 2.05) is 0 Å². The Kier molecular flexibility index (Phi) is 4.06. The van der Waals surface area contributed by atoms with Gasteiger partial charge >= 0.3 is 17.1 Å². The molecule has 0 aliphatic heterocycles. The lowest BCUT2D eigenvalue weighted by Crippen LogP contribution is -2.33. The molecule has 0 aliphatic rings. The van der Waals surface area contributed by atoms with E-state index in [1.165, 1.54) is 17.8 Å². The van der Waals surface area contributed by atoms with Crippen LogP contribution in [0.2, 0.25) is 0 Å². The van der Waals surface area contributed by atoms with Crippen LogP contribution in [0.25, 0.3) is 0 Å². The first-order valence-corrected chi connectivity index (χ1v) is 5.19. The predicted molar refractivity (Wildman–Crippen MR) is 57.6 cm³/mol. The minimum absolute atomic E-state index is 0.319. The van der Waals surface area contributed by atoms with Gasteiger partial charge in [0.05, 0.1) is 0 Å². The second-order valence-electron chi connectivity index (χ2n) is 2.75. The number of aromatic amines is 1. The Labute approximate surface area is 93.8 Å². The molecule has 7 nitrogen and oxygen atoms in total. The molecule has 2 N–H and O–H groups in total. The van der Waals surface area contributed by atoms with Crippen LogP contribution in [0.4, 0.5) is 0 Å². The smallest absolute Gasteiger partial charge is 0.339 e. The van der Waals surface area contributed by atoms with Crippen molar-refractivity contribution in [2.75, 3.05) is 5.75 Å². The van der Waals surface area contributed by atoms with Gasteiger partial charge < -0.3 is 5.11 Å². The van der Waals surface area contributed by atoms with Gasteiger partial charge in [-0.3, -0.25) is 19.4 Å². The fraction of sp³-hybridized carbons (Fsp3) is 0.250. The van der Waals surface area contributed by atoms with E-state index in [0.29, 0.717) is 10.9 Å². The molecule has 0 bridgehead atoms. The number of carboxylic acids is 1. The number of nitrogens with zero attached hydrogens (tertiary/aromatic N) is 2. The normalized spacial score (nSPS) is 10.8. The summed E-state index contributed by atoms with van der Waals surface area (Å²) in [7, 11) is 1.54. The van der Waals surface area contributed by atoms with E-state index in [2.05, 4.69) is 10.1 Å². The monoisotopic (exact) mass is 243 g/mol. The van der Waals surface area contributed by atoms with E-state index in [0.717, 1.165) is 17.8 Å². The van der Waals surface area contributed by atoms with Crippen molar-refractivity contribution < 1.29 is 9.90 Å². The molecule has 1 aromatic rings. The van der Waals surface area contributed by atoms with E-state index in [1.54, 1.807) is 0 Å². The van der Waals surface area contributed by atoms with Gasteiger partial charge in [0.2, 0.25) is 0 Å². The van der Waals surface area contributed by atoms with Crippen molar-refractivity contribution in [3.63, 3.8) is 0 Å². The van der Waals surface area contributed by atoms with Crippen molar-refractivity contribution in [3.05, 3.63) is 32.9 Å². The zero-order chi connectivity index (χ0) is 12.1. The van der Waals surface area contributed by atoms with Gasteiger partial charge in [0.25, 0.3) is 0 Å². The Balaban J connectivity index is 2.75. The van der Waals surface area contributed by atoms with Crippen molar-refractivity contribution in [2.45, 2.75) is 5.16 Å². The molecule has 0 amide bonds. The Morgan fingerprint density at radius 3 is 2.94 bits per heavy atom. The van der Waals surface area contributed by atoms with Crippen LogP contribution in [0.3, 0.4) is 0 Å². The lowest BCUT2D eigenvalue weighted by atomic mass is 10.5. The number of nitrogens with one attached hydrogen (secondary N) is 1. The van der Waals surface area contributed by atoms with E-state index in [9.17, 15) is 14.4 Å². The summed E-state index contributed by atoms with van der Waals surface area (Å²) >= 11 is 1.14. The molecule has 0 unspecified atom stereocenters. The summed E-state index contributed by atoms with van der Waals surface area (Å²) in [4.78, 5) is 35.5. The molecule has 0 radical (unpaired) electrons. The number of H-pyrrole nitrogens is 1. The highest BCUT2D eigenvalue weighted by molar-refractivity contribution is 7.99. The Hall–Kier alpha value is -1.83. The number of hydrogen-bond acceptors (Lipinski definition) is 5. The van der Waals surface area contributed by atoms with Crippen molar-refractivity contribution in [3.8, 4) is 0 Å². The number of rotatable bonds is 4.